The number of hydrogen-bond acceptors (Lipinski definition) is 4. The third-order valence-electron chi connectivity index (χ3n) is 5.34. The van der Waals surface area contributed by atoms with E-state index in [0.717, 1.165) is 25.2 Å². The molecular formula is C20H30N4O. The van der Waals surface area contributed by atoms with Crippen molar-refractivity contribution in [3.63, 3.8) is 0 Å². The summed E-state index contributed by atoms with van der Waals surface area (Å²) < 4.78 is 1.92. The first-order valence-electron chi connectivity index (χ1n) is 9.16. The average Bonchev–Trinajstić information content (AvgIpc) is 2.85. The van der Waals surface area contributed by atoms with Crippen LogP contribution >= 0.6 is 0 Å². The van der Waals surface area contributed by atoms with E-state index < -0.39 is 0 Å². The summed E-state index contributed by atoms with van der Waals surface area (Å²) in [5, 5.41) is 18.4. The van der Waals surface area contributed by atoms with Crippen LogP contribution in [0.4, 0.5) is 0 Å². The van der Waals surface area contributed by atoms with Crippen LogP contribution in [-0.4, -0.2) is 45.5 Å². The fourth-order valence-electron chi connectivity index (χ4n) is 3.90. The first-order chi connectivity index (χ1) is 12.0. The van der Waals surface area contributed by atoms with Gasteiger partial charge >= 0.3 is 0 Å². The normalized spacial score (nSPS) is 17.3. The van der Waals surface area contributed by atoms with Crippen LogP contribution < -0.4 is 5.32 Å². The van der Waals surface area contributed by atoms with Crippen molar-refractivity contribution in [2.24, 2.45) is 7.05 Å². The zero-order valence-electron chi connectivity index (χ0n) is 15.8. The molecule has 1 aliphatic rings. The van der Waals surface area contributed by atoms with Crippen molar-refractivity contribution >= 4 is 0 Å². The second-order valence-corrected chi connectivity index (χ2v) is 7.25. The van der Waals surface area contributed by atoms with Crippen LogP contribution in [0.5, 0.6) is 0 Å². The smallest absolute Gasteiger partial charge is 0.0791 e. The minimum Gasteiger partial charge on any atom is -0.390 e. The van der Waals surface area contributed by atoms with E-state index >= 15 is 0 Å². The number of rotatable bonds is 6. The van der Waals surface area contributed by atoms with Crippen molar-refractivity contribution in [3.8, 4) is 0 Å². The van der Waals surface area contributed by atoms with Crippen LogP contribution in [-0.2, 0) is 20.0 Å². The van der Waals surface area contributed by atoms with E-state index in [4.69, 9.17) is 0 Å². The minimum absolute atomic E-state index is 0.186. The molecule has 2 atom stereocenters. The van der Waals surface area contributed by atoms with Gasteiger partial charge in [-0.2, -0.15) is 5.10 Å². The number of fused-ring (bicyclic) bond motifs is 1. The molecule has 0 spiro atoms. The van der Waals surface area contributed by atoms with Crippen LogP contribution in [0.25, 0.3) is 0 Å². The minimum atomic E-state index is -0.370. The molecule has 0 amide bonds. The van der Waals surface area contributed by atoms with Gasteiger partial charge in [0, 0.05) is 50.5 Å². The number of nitrogens with zero attached hydrogens (tertiary/aromatic N) is 3. The van der Waals surface area contributed by atoms with Gasteiger partial charge in [-0.3, -0.25) is 9.58 Å². The van der Waals surface area contributed by atoms with E-state index in [9.17, 15) is 5.11 Å². The first-order valence-corrected chi connectivity index (χ1v) is 9.16. The fraction of sp³-hybridized carbons (Fsp3) is 0.550. The summed E-state index contributed by atoms with van der Waals surface area (Å²) >= 11 is 0. The van der Waals surface area contributed by atoms with E-state index in [-0.39, 0.29) is 12.1 Å². The second kappa shape index (κ2) is 7.68. The molecule has 2 unspecified atom stereocenters. The standard InChI is InChI=1S/C20H30N4O/c1-14(20-15(2)22-23(4)16(20)3)21-11-19(25)13-24-10-9-17-7-5-6-8-18(17)12-24/h5-8,14,19,21,25H,9-13H2,1-4H3. The molecule has 0 saturated heterocycles. The lowest BCUT2D eigenvalue weighted by molar-refractivity contribution is 0.102. The van der Waals surface area contributed by atoms with Crippen molar-refractivity contribution < 1.29 is 5.11 Å². The second-order valence-electron chi connectivity index (χ2n) is 7.25. The van der Waals surface area contributed by atoms with E-state index in [1.165, 1.54) is 22.4 Å². The number of benzene rings is 1. The number of hydrogen-bond donors (Lipinski definition) is 2. The highest BCUT2D eigenvalue weighted by atomic mass is 16.3. The molecule has 5 nitrogen and oxygen atoms in total. The highest BCUT2D eigenvalue weighted by Crippen LogP contribution is 2.21. The van der Waals surface area contributed by atoms with Crippen LogP contribution in [0, 0.1) is 13.8 Å². The first kappa shape index (κ1) is 18.1. The Morgan fingerprint density at radius 1 is 1.24 bits per heavy atom. The van der Waals surface area contributed by atoms with Gasteiger partial charge in [-0.05, 0) is 38.3 Å². The number of nitrogens with one attached hydrogen (secondary N) is 1. The SMILES string of the molecule is Cc1nn(C)c(C)c1C(C)NCC(O)CN1CCc2ccccc2C1. The van der Waals surface area contributed by atoms with Gasteiger partial charge in [0.15, 0.2) is 0 Å². The lowest BCUT2D eigenvalue weighted by Crippen LogP contribution is -2.41. The van der Waals surface area contributed by atoms with E-state index in [1.807, 2.05) is 18.7 Å². The maximum atomic E-state index is 10.5. The van der Waals surface area contributed by atoms with Gasteiger partial charge in [0.05, 0.1) is 11.8 Å². The molecule has 1 aromatic heterocycles. The molecule has 1 aromatic carbocycles. The van der Waals surface area contributed by atoms with Gasteiger partial charge in [0.25, 0.3) is 0 Å². The zero-order valence-corrected chi connectivity index (χ0v) is 15.8. The third-order valence-corrected chi connectivity index (χ3v) is 5.34. The zero-order chi connectivity index (χ0) is 18.0. The summed E-state index contributed by atoms with van der Waals surface area (Å²) in [7, 11) is 1.97. The van der Waals surface area contributed by atoms with Gasteiger partial charge in [-0.25, -0.2) is 0 Å². The Morgan fingerprint density at radius 2 is 1.96 bits per heavy atom. The monoisotopic (exact) mass is 342 g/mol. The highest BCUT2D eigenvalue weighted by Gasteiger charge is 2.20. The van der Waals surface area contributed by atoms with Crippen molar-refractivity contribution in [1.29, 1.82) is 0 Å². The molecule has 1 aliphatic heterocycles. The number of β-amino-alcohol motifs (C(OH)–C–C–N with tert-alkyl or cyclic N) is 1. The maximum absolute atomic E-state index is 10.5. The molecule has 5 heteroatoms. The third kappa shape index (κ3) is 4.11. The Bertz CT molecular complexity index is 724. The fourth-order valence-corrected chi connectivity index (χ4v) is 3.90. The number of aryl methyl sites for hydroxylation is 2. The molecule has 3 rings (SSSR count). The lowest BCUT2D eigenvalue weighted by Gasteiger charge is -2.30. The maximum Gasteiger partial charge on any atom is 0.0791 e. The Kier molecular flexibility index (Phi) is 5.57. The molecular weight excluding hydrogens is 312 g/mol. The van der Waals surface area contributed by atoms with Crippen LogP contribution in [0.3, 0.4) is 0 Å². The molecule has 0 fully saturated rings. The van der Waals surface area contributed by atoms with E-state index in [0.29, 0.717) is 13.1 Å². The van der Waals surface area contributed by atoms with Gasteiger partial charge in [0.2, 0.25) is 0 Å². The van der Waals surface area contributed by atoms with Crippen molar-refractivity contribution in [2.45, 2.75) is 45.9 Å². The summed E-state index contributed by atoms with van der Waals surface area (Å²) in [6.07, 6.45) is 0.700. The van der Waals surface area contributed by atoms with Gasteiger partial charge in [0.1, 0.15) is 0 Å². The number of aliphatic hydroxyl groups is 1. The largest absolute Gasteiger partial charge is 0.390 e. The van der Waals surface area contributed by atoms with E-state index in [1.54, 1.807) is 0 Å². The topological polar surface area (TPSA) is 53.3 Å². The van der Waals surface area contributed by atoms with Crippen LogP contribution in [0.15, 0.2) is 24.3 Å². The van der Waals surface area contributed by atoms with Crippen LogP contribution in [0.2, 0.25) is 0 Å². The number of aromatic nitrogens is 2. The molecule has 0 radical (unpaired) electrons. The lowest BCUT2D eigenvalue weighted by atomic mass is 10.00. The summed E-state index contributed by atoms with van der Waals surface area (Å²) in [6.45, 7) is 9.53. The molecule has 25 heavy (non-hydrogen) atoms. The quantitative estimate of drug-likeness (QED) is 0.844. The Morgan fingerprint density at radius 3 is 2.64 bits per heavy atom. The summed E-state index contributed by atoms with van der Waals surface area (Å²) in [6, 6.07) is 8.80. The van der Waals surface area contributed by atoms with Crippen molar-refractivity contribution in [2.75, 3.05) is 19.6 Å². The van der Waals surface area contributed by atoms with Crippen molar-refractivity contribution in [3.05, 3.63) is 52.3 Å². The molecule has 0 bridgehead atoms. The number of aliphatic hydroxyl groups excluding tert-OH is 1. The predicted octanol–water partition coefficient (Wildman–Crippen LogP) is 2.11. The molecule has 2 N–H and O–H groups in total. The van der Waals surface area contributed by atoms with Gasteiger partial charge in [-0.1, -0.05) is 24.3 Å². The molecule has 136 valence electrons. The summed E-state index contributed by atoms with van der Waals surface area (Å²) in [5.74, 6) is 0. The highest BCUT2D eigenvalue weighted by molar-refractivity contribution is 5.29. The average molecular weight is 342 g/mol. The molecule has 0 aliphatic carbocycles. The molecule has 2 heterocycles. The van der Waals surface area contributed by atoms with Crippen molar-refractivity contribution in [1.82, 2.24) is 20.0 Å². The van der Waals surface area contributed by atoms with Gasteiger partial charge in [-0.15, -0.1) is 0 Å². The Balaban J connectivity index is 1.51. The summed E-state index contributed by atoms with van der Waals surface area (Å²) in [4.78, 5) is 2.35. The predicted molar refractivity (Wildman–Crippen MR) is 101 cm³/mol. The molecule has 0 saturated carbocycles. The Labute approximate surface area is 150 Å². The molecule has 2 aromatic rings. The van der Waals surface area contributed by atoms with E-state index in [2.05, 4.69) is 53.4 Å². The van der Waals surface area contributed by atoms with Crippen LogP contribution in [0.1, 0.15) is 41.0 Å². The summed E-state index contributed by atoms with van der Waals surface area (Å²) in [5.41, 5.74) is 6.31. The Hall–Kier alpha value is -1.69. The van der Waals surface area contributed by atoms with Gasteiger partial charge < -0.3 is 10.4 Å².